The zero-order valence-electron chi connectivity index (χ0n) is 10.7. The topological polar surface area (TPSA) is 70.0 Å². The Morgan fingerprint density at radius 3 is 3.05 bits per heavy atom. The highest BCUT2D eigenvalue weighted by atomic mass is 32.2. The number of carbonyl (C=O) groups excluding carboxylic acids is 1. The van der Waals surface area contributed by atoms with Crippen molar-refractivity contribution in [3.8, 4) is 5.75 Å². The molecule has 0 aromatic heterocycles. The van der Waals surface area contributed by atoms with Gasteiger partial charge in [-0.3, -0.25) is 4.79 Å². The summed E-state index contributed by atoms with van der Waals surface area (Å²) in [6.45, 7) is -0.205. The maximum atomic E-state index is 11.8. The second-order valence-corrected chi connectivity index (χ2v) is 5.39. The number of benzene rings is 1. The van der Waals surface area contributed by atoms with Gasteiger partial charge in [0.1, 0.15) is 11.1 Å². The molecule has 0 radical (unpaired) electrons. The number of amides is 1. The minimum Gasteiger partial charge on any atom is -0.497 e. The monoisotopic (exact) mass is 283 g/mol. The predicted molar refractivity (Wildman–Crippen MR) is 73.0 cm³/mol. The number of methoxy groups -OCH3 is 1. The minimum absolute atomic E-state index is 0.0229. The Morgan fingerprint density at radius 1 is 1.58 bits per heavy atom. The third-order valence-corrected chi connectivity index (χ3v) is 4.22. The van der Waals surface area contributed by atoms with Crippen molar-refractivity contribution in [3.63, 3.8) is 0 Å². The maximum Gasteiger partial charge on any atom is 0.233 e. The molecule has 2 atom stereocenters. The lowest BCUT2D eigenvalue weighted by Gasteiger charge is -2.26. The smallest absolute Gasteiger partial charge is 0.233 e. The molecule has 5 nitrogen and oxygen atoms in total. The molecule has 2 rings (SSSR count). The highest BCUT2D eigenvalue weighted by Crippen LogP contribution is 2.39. The summed E-state index contributed by atoms with van der Waals surface area (Å²) >= 11 is 1.51. The van der Waals surface area contributed by atoms with Crippen LogP contribution < -0.4 is 4.74 Å². The van der Waals surface area contributed by atoms with Gasteiger partial charge in [-0.25, -0.2) is 0 Å². The van der Waals surface area contributed by atoms with E-state index in [0.29, 0.717) is 5.75 Å². The van der Waals surface area contributed by atoms with Gasteiger partial charge in [0.05, 0.1) is 32.1 Å². The molecule has 2 N–H and O–H groups in total. The molecule has 1 amide bonds. The first-order valence-corrected chi connectivity index (χ1v) is 7.04. The molecule has 1 saturated heterocycles. The summed E-state index contributed by atoms with van der Waals surface area (Å²) in [5.74, 6) is 1.10. The largest absolute Gasteiger partial charge is 0.497 e. The number of thioether (sulfide) groups is 1. The van der Waals surface area contributed by atoms with Gasteiger partial charge in [0.2, 0.25) is 5.91 Å². The van der Waals surface area contributed by atoms with E-state index < -0.39 is 6.10 Å². The number of carbonyl (C=O) groups is 1. The summed E-state index contributed by atoms with van der Waals surface area (Å²) in [6.07, 6.45) is -0.907. The lowest BCUT2D eigenvalue weighted by molar-refractivity contribution is -0.129. The molecule has 1 aliphatic rings. The predicted octanol–water partition coefficient (Wildman–Crippen LogP) is 0.622. The molecule has 0 bridgehead atoms. The normalized spacial score (nSPS) is 20.7. The average molecular weight is 283 g/mol. The van der Waals surface area contributed by atoms with Gasteiger partial charge in [-0.05, 0) is 17.7 Å². The van der Waals surface area contributed by atoms with Crippen molar-refractivity contribution in [2.24, 2.45) is 0 Å². The van der Waals surface area contributed by atoms with Crippen molar-refractivity contribution < 1.29 is 19.7 Å². The molecular formula is C13H17NO4S. The molecule has 104 valence electrons. The van der Waals surface area contributed by atoms with Crippen LogP contribution in [0.5, 0.6) is 5.75 Å². The summed E-state index contributed by atoms with van der Waals surface area (Å²) in [7, 11) is 1.60. The van der Waals surface area contributed by atoms with Gasteiger partial charge >= 0.3 is 0 Å². The van der Waals surface area contributed by atoms with Crippen LogP contribution in [0.2, 0.25) is 0 Å². The Kier molecular flexibility index (Phi) is 4.68. The average Bonchev–Trinajstić information content (AvgIpc) is 2.80. The molecule has 0 spiro atoms. The van der Waals surface area contributed by atoms with E-state index in [4.69, 9.17) is 9.84 Å². The lowest BCUT2D eigenvalue weighted by atomic mass is 10.2. The van der Waals surface area contributed by atoms with Gasteiger partial charge in [0.15, 0.2) is 0 Å². The Morgan fingerprint density at radius 2 is 2.37 bits per heavy atom. The molecular weight excluding hydrogens is 266 g/mol. The van der Waals surface area contributed by atoms with Crippen LogP contribution in [-0.2, 0) is 4.79 Å². The molecule has 1 aliphatic heterocycles. The van der Waals surface area contributed by atoms with E-state index in [2.05, 4.69) is 0 Å². The summed E-state index contributed by atoms with van der Waals surface area (Å²) in [6, 6.07) is 7.53. The molecule has 1 aromatic carbocycles. The number of ether oxygens (including phenoxy) is 1. The highest BCUT2D eigenvalue weighted by Gasteiger charge is 2.33. The molecule has 1 fully saturated rings. The van der Waals surface area contributed by atoms with Crippen molar-refractivity contribution in [3.05, 3.63) is 29.8 Å². The number of aliphatic hydroxyl groups excluding tert-OH is 2. The standard InChI is InChI=1S/C13H17NO4S/c1-18-11-4-2-3-9(5-11)13-14(6-10(16)7-15)12(17)8-19-13/h2-5,10,13,15-16H,6-8H2,1H3. The number of hydrogen-bond donors (Lipinski definition) is 2. The van der Waals surface area contributed by atoms with E-state index >= 15 is 0 Å². The van der Waals surface area contributed by atoms with Crippen LogP contribution in [-0.4, -0.2) is 53.1 Å². The fourth-order valence-corrected chi connectivity index (χ4v) is 3.20. The quantitative estimate of drug-likeness (QED) is 0.829. The summed E-state index contributed by atoms with van der Waals surface area (Å²) in [5, 5.41) is 18.3. The molecule has 0 aliphatic carbocycles. The van der Waals surface area contributed by atoms with Gasteiger partial charge in [0, 0.05) is 0 Å². The van der Waals surface area contributed by atoms with Crippen molar-refractivity contribution in [1.29, 1.82) is 0 Å². The Labute approximate surface area is 116 Å². The maximum absolute atomic E-state index is 11.8. The minimum atomic E-state index is -0.907. The van der Waals surface area contributed by atoms with Crippen LogP contribution in [0.15, 0.2) is 24.3 Å². The van der Waals surface area contributed by atoms with Crippen LogP contribution in [0.4, 0.5) is 0 Å². The fourth-order valence-electron chi connectivity index (χ4n) is 2.01. The van der Waals surface area contributed by atoms with Crippen molar-refractivity contribution in [2.45, 2.75) is 11.5 Å². The van der Waals surface area contributed by atoms with E-state index in [0.717, 1.165) is 11.3 Å². The first-order chi connectivity index (χ1) is 9.15. The Balaban J connectivity index is 2.19. The lowest BCUT2D eigenvalue weighted by Crippen LogP contribution is -2.37. The first-order valence-electron chi connectivity index (χ1n) is 5.99. The number of nitrogens with zero attached hydrogens (tertiary/aromatic N) is 1. The number of hydrogen-bond acceptors (Lipinski definition) is 5. The molecule has 2 unspecified atom stereocenters. The van der Waals surface area contributed by atoms with E-state index in [9.17, 15) is 9.90 Å². The molecule has 1 heterocycles. The molecule has 0 saturated carbocycles. The highest BCUT2D eigenvalue weighted by molar-refractivity contribution is 8.00. The van der Waals surface area contributed by atoms with Gasteiger partial charge in [0.25, 0.3) is 0 Å². The molecule has 19 heavy (non-hydrogen) atoms. The van der Waals surface area contributed by atoms with Gasteiger partial charge in [-0.15, -0.1) is 11.8 Å². The summed E-state index contributed by atoms with van der Waals surface area (Å²) in [5.41, 5.74) is 0.959. The zero-order chi connectivity index (χ0) is 13.8. The Hall–Kier alpha value is -1.24. The fraction of sp³-hybridized carbons (Fsp3) is 0.462. The van der Waals surface area contributed by atoms with E-state index in [-0.39, 0.29) is 24.4 Å². The summed E-state index contributed by atoms with van der Waals surface area (Å²) in [4.78, 5) is 13.4. The van der Waals surface area contributed by atoms with Crippen LogP contribution in [0, 0.1) is 0 Å². The molecule has 6 heteroatoms. The third-order valence-electron chi connectivity index (χ3n) is 2.97. The van der Waals surface area contributed by atoms with E-state index in [1.54, 1.807) is 12.0 Å². The van der Waals surface area contributed by atoms with Crippen LogP contribution in [0.25, 0.3) is 0 Å². The zero-order valence-corrected chi connectivity index (χ0v) is 11.5. The van der Waals surface area contributed by atoms with Crippen LogP contribution >= 0.6 is 11.8 Å². The number of aliphatic hydroxyl groups is 2. The van der Waals surface area contributed by atoms with Gasteiger partial charge < -0.3 is 19.8 Å². The van der Waals surface area contributed by atoms with Crippen molar-refractivity contribution >= 4 is 17.7 Å². The second-order valence-electron chi connectivity index (χ2n) is 4.32. The van der Waals surface area contributed by atoms with Gasteiger partial charge in [-0.1, -0.05) is 12.1 Å². The van der Waals surface area contributed by atoms with Crippen molar-refractivity contribution in [1.82, 2.24) is 4.90 Å². The summed E-state index contributed by atoms with van der Waals surface area (Å²) < 4.78 is 5.18. The molecule has 1 aromatic rings. The number of β-amino-alcohol motifs (C(OH)–C–C–N with tert-alkyl or cyclic N) is 1. The van der Waals surface area contributed by atoms with E-state index in [1.165, 1.54) is 11.8 Å². The first kappa shape index (κ1) is 14.2. The van der Waals surface area contributed by atoms with Gasteiger partial charge in [-0.2, -0.15) is 0 Å². The second kappa shape index (κ2) is 6.27. The number of rotatable bonds is 5. The van der Waals surface area contributed by atoms with Crippen LogP contribution in [0.3, 0.4) is 0 Å². The third kappa shape index (κ3) is 3.20. The Bertz CT molecular complexity index is 454. The van der Waals surface area contributed by atoms with Crippen LogP contribution in [0.1, 0.15) is 10.9 Å². The SMILES string of the molecule is COc1cccc(C2SCC(=O)N2CC(O)CO)c1. The van der Waals surface area contributed by atoms with E-state index in [1.807, 2.05) is 24.3 Å². The van der Waals surface area contributed by atoms with Crippen molar-refractivity contribution in [2.75, 3.05) is 26.0 Å².